The highest BCUT2D eigenvalue weighted by Crippen LogP contribution is 2.19. The molecule has 0 fully saturated rings. The highest BCUT2D eigenvalue weighted by molar-refractivity contribution is 9.10. The molecule has 0 amide bonds. The van der Waals surface area contributed by atoms with Crippen molar-refractivity contribution in [2.45, 2.75) is 0 Å². The Morgan fingerprint density at radius 3 is 3.09 bits per heavy atom. The first-order valence-corrected chi connectivity index (χ1v) is 4.09. The van der Waals surface area contributed by atoms with E-state index in [2.05, 4.69) is 25.9 Å². The molecule has 0 atom stereocenters. The van der Waals surface area contributed by atoms with Crippen LogP contribution < -0.4 is 0 Å². The van der Waals surface area contributed by atoms with Crippen molar-refractivity contribution >= 4 is 33.0 Å². The number of rotatable bonds is 0. The third kappa shape index (κ3) is 1.02. The molecule has 0 radical (unpaired) electrons. The van der Waals surface area contributed by atoms with Gasteiger partial charge in [0.1, 0.15) is 4.60 Å². The summed E-state index contributed by atoms with van der Waals surface area (Å²) in [4.78, 5) is 7.93. The maximum Gasteiger partial charge on any atom is 0.208 e. The minimum absolute atomic E-state index is 0.439. The lowest BCUT2D eigenvalue weighted by molar-refractivity contribution is 1.12. The Labute approximate surface area is 76.2 Å². The number of aromatic nitrogens is 3. The predicted octanol–water partition coefficient (Wildman–Crippen LogP) is 2.15. The Kier molecular flexibility index (Phi) is 1.58. The van der Waals surface area contributed by atoms with Crippen molar-refractivity contribution in [2.24, 2.45) is 0 Å². The van der Waals surface area contributed by atoms with Gasteiger partial charge < -0.3 is 0 Å². The molecule has 0 spiro atoms. The van der Waals surface area contributed by atoms with E-state index in [-0.39, 0.29) is 0 Å². The van der Waals surface area contributed by atoms with Gasteiger partial charge in [-0.05, 0) is 27.5 Å². The molecule has 0 aliphatic carbocycles. The fraction of sp³-hybridized carbons (Fsp3) is 0. The Hall–Kier alpha value is -0.610. The molecule has 0 unspecified atom stereocenters. The van der Waals surface area contributed by atoms with Crippen LogP contribution in [0.2, 0.25) is 5.28 Å². The lowest BCUT2D eigenvalue weighted by atomic mass is 10.6. The van der Waals surface area contributed by atoms with E-state index in [1.807, 2.05) is 0 Å². The van der Waals surface area contributed by atoms with Gasteiger partial charge in [-0.2, -0.15) is 0 Å². The summed E-state index contributed by atoms with van der Waals surface area (Å²) in [5, 5.41) is 0.439. The number of hydrogen-bond donors (Lipinski definition) is 0. The van der Waals surface area contributed by atoms with E-state index in [1.54, 1.807) is 23.0 Å². The van der Waals surface area contributed by atoms with Crippen LogP contribution in [0.1, 0.15) is 0 Å². The fourth-order valence-electron chi connectivity index (χ4n) is 0.867. The summed E-state index contributed by atoms with van der Waals surface area (Å²) in [6.07, 6.45) is 5.12. The molecule has 0 bridgehead atoms. The van der Waals surface area contributed by atoms with Crippen molar-refractivity contribution in [3.63, 3.8) is 0 Å². The van der Waals surface area contributed by atoms with Gasteiger partial charge >= 0.3 is 0 Å². The molecule has 0 aliphatic rings. The van der Waals surface area contributed by atoms with Gasteiger partial charge in [0.05, 0.1) is 11.7 Å². The first-order valence-electron chi connectivity index (χ1n) is 2.92. The molecule has 2 aromatic heterocycles. The third-order valence-corrected chi connectivity index (χ3v) is 2.21. The van der Waals surface area contributed by atoms with Crippen LogP contribution in [0.4, 0.5) is 0 Å². The normalized spacial score (nSPS) is 10.7. The summed E-state index contributed by atoms with van der Waals surface area (Å²) < 4.78 is 2.47. The second kappa shape index (κ2) is 2.46. The minimum atomic E-state index is 0.439. The fourth-order valence-corrected chi connectivity index (χ4v) is 1.66. The van der Waals surface area contributed by atoms with Crippen LogP contribution in [-0.4, -0.2) is 14.4 Å². The van der Waals surface area contributed by atoms with Crippen LogP contribution in [0.5, 0.6) is 0 Å². The summed E-state index contributed by atoms with van der Waals surface area (Å²) >= 11 is 9.03. The smallest absolute Gasteiger partial charge is 0.208 e. The summed E-state index contributed by atoms with van der Waals surface area (Å²) in [7, 11) is 0. The van der Waals surface area contributed by atoms with Gasteiger partial charge in [-0.1, -0.05) is 0 Å². The van der Waals surface area contributed by atoms with Gasteiger partial charge in [0.2, 0.25) is 5.28 Å². The third-order valence-electron chi connectivity index (χ3n) is 1.36. The number of halogens is 2. The maximum absolute atomic E-state index is 5.77. The summed E-state index contributed by atoms with van der Waals surface area (Å²) in [6, 6.07) is 0. The van der Waals surface area contributed by atoms with E-state index >= 15 is 0 Å². The number of imidazole rings is 1. The van der Waals surface area contributed by atoms with E-state index in [4.69, 9.17) is 11.6 Å². The molecule has 11 heavy (non-hydrogen) atoms. The first kappa shape index (κ1) is 7.06. The Morgan fingerprint density at radius 1 is 1.55 bits per heavy atom. The van der Waals surface area contributed by atoms with E-state index in [0.29, 0.717) is 5.28 Å². The standard InChI is InChI=1S/C6H3BrClN3/c7-5-4-3-9-1-2-11(4)6(8)10-5/h1-3H. The summed E-state index contributed by atoms with van der Waals surface area (Å²) in [6.45, 7) is 0. The van der Waals surface area contributed by atoms with Crippen LogP contribution in [-0.2, 0) is 0 Å². The molecular formula is C6H3BrClN3. The van der Waals surface area contributed by atoms with Gasteiger partial charge in [-0.25, -0.2) is 4.98 Å². The van der Waals surface area contributed by atoms with Crippen LogP contribution in [0.3, 0.4) is 0 Å². The van der Waals surface area contributed by atoms with Crippen molar-refractivity contribution in [2.75, 3.05) is 0 Å². The molecule has 2 rings (SSSR count). The van der Waals surface area contributed by atoms with E-state index < -0.39 is 0 Å². The molecular weight excluding hydrogens is 229 g/mol. The van der Waals surface area contributed by atoms with E-state index in [0.717, 1.165) is 10.1 Å². The molecule has 0 saturated heterocycles. The lowest BCUT2D eigenvalue weighted by Gasteiger charge is -1.90. The molecule has 0 aromatic carbocycles. The van der Waals surface area contributed by atoms with E-state index in [9.17, 15) is 0 Å². The zero-order chi connectivity index (χ0) is 7.84. The SMILES string of the molecule is Clc1nc(Br)c2cnccn12. The highest BCUT2D eigenvalue weighted by atomic mass is 79.9. The molecule has 0 N–H and O–H groups in total. The van der Waals surface area contributed by atoms with Crippen LogP contribution in [0.15, 0.2) is 23.2 Å². The van der Waals surface area contributed by atoms with Gasteiger partial charge in [-0.15, -0.1) is 0 Å². The Balaban J connectivity index is 2.95. The zero-order valence-electron chi connectivity index (χ0n) is 5.33. The van der Waals surface area contributed by atoms with Gasteiger partial charge in [0.25, 0.3) is 0 Å². The minimum Gasteiger partial charge on any atom is -0.286 e. The van der Waals surface area contributed by atoms with Crippen LogP contribution >= 0.6 is 27.5 Å². The molecule has 2 aromatic rings. The van der Waals surface area contributed by atoms with Gasteiger partial charge in [-0.3, -0.25) is 9.38 Å². The molecule has 0 saturated carbocycles. The van der Waals surface area contributed by atoms with Crippen molar-refractivity contribution in [1.29, 1.82) is 0 Å². The average molecular weight is 232 g/mol. The molecule has 3 nitrogen and oxygen atoms in total. The number of nitrogens with zero attached hydrogens (tertiary/aromatic N) is 3. The number of hydrogen-bond acceptors (Lipinski definition) is 2. The van der Waals surface area contributed by atoms with E-state index in [1.165, 1.54) is 0 Å². The predicted molar refractivity (Wildman–Crippen MR) is 45.7 cm³/mol. The monoisotopic (exact) mass is 231 g/mol. The molecule has 56 valence electrons. The molecule has 0 aliphatic heterocycles. The lowest BCUT2D eigenvalue weighted by Crippen LogP contribution is -1.82. The van der Waals surface area contributed by atoms with Crippen molar-refractivity contribution < 1.29 is 0 Å². The number of fused-ring (bicyclic) bond motifs is 1. The highest BCUT2D eigenvalue weighted by Gasteiger charge is 2.04. The maximum atomic E-state index is 5.77. The van der Waals surface area contributed by atoms with Crippen molar-refractivity contribution in [3.8, 4) is 0 Å². The Bertz CT molecular complexity index is 362. The van der Waals surface area contributed by atoms with Crippen molar-refractivity contribution in [3.05, 3.63) is 28.5 Å². The second-order valence-electron chi connectivity index (χ2n) is 2.00. The molecule has 2 heterocycles. The Morgan fingerprint density at radius 2 is 2.36 bits per heavy atom. The zero-order valence-corrected chi connectivity index (χ0v) is 7.67. The summed E-state index contributed by atoms with van der Waals surface area (Å²) in [5.74, 6) is 0. The van der Waals surface area contributed by atoms with Crippen molar-refractivity contribution in [1.82, 2.24) is 14.4 Å². The van der Waals surface area contributed by atoms with Crippen LogP contribution in [0, 0.1) is 0 Å². The quantitative estimate of drug-likeness (QED) is 0.697. The largest absolute Gasteiger partial charge is 0.286 e. The van der Waals surface area contributed by atoms with Gasteiger partial charge in [0, 0.05) is 12.4 Å². The molecule has 5 heteroatoms. The van der Waals surface area contributed by atoms with Crippen LogP contribution in [0.25, 0.3) is 5.52 Å². The second-order valence-corrected chi connectivity index (χ2v) is 3.09. The topological polar surface area (TPSA) is 30.2 Å². The summed E-state index contributed by atoms with van der Waals surface area (Å²) in [5.41, 5.74) is 0.873. The van der Waals surface area contributed by atoms with Gasteiger partial charge in [0.15, 0.2) is 0 Å². The first-order chi connectivity index (χ1) is 5.29. The average Bonchev–Trinajstić information content (AvgIpc) is 2.30.